The molecular weight excluding hydrogens is 288 g/mol. The van der Waals surface area contributed by atoms with Crippen molar-refractivity contribution in [1.82, 2.24) is 0 Å². The molecule has 0 fully saturated rings. The summed E-state index contributed by atoms with van der Waals surface area (Å²) < 4.78 is 5.53. The molecule has 0 aliphatic heterocycles. The fourth-order valence-corrected chi connectivity index (χ4v) is 2.12. The van der Waals surface area contributed by atoms with Gasteiger partial charge in [0.05, 0.1) is 0 Å². The number of nitrogens with two attached hydrogens (primary N) is 1. The first-order valence-electron chi connectivity index (χ1n) is 7.79. The third-order valence-electron chi connectivity index (χ3n) is 4.08. The van der Waals surface area contributed by atoms with Gasteiger partial charge in [0, 0.05) is 11.4 Å². The highest BCUT2D eigenvalue weighted by Crippen LogP contribution is 2.28. The quantitative estimate of drug-likeness (QED) is 0.793. The second kappa shape index (κ2) is 7.18. The number of amides is 1. The number of anilines is 2. The van der Waals surface area contributed by atoms with E-state index < -0.39 is 0 Å². The van der Waals surface area contributed by atoms with Crippen LogP contribution in [-0.2, 0) is 10.2 Å². The molecule has 2 aromatic carbocycles. The molecule has 0 heterocycles. The van der Waals surface area contributed by atoms with E-state index in [0.717, 1.165) is 6.42 Å². The van der Waals surface area contributed by atoms with Crippen LogP contribution in [0, 0.1) is 0 Å². The van der Waals surface area contributed by atoms with Crippen molar-refractivity contribution in [2.24, 2.45) is 0 Å². The number of carbonyl (C=O) groups excluding carboxylic acids is 1. The maximum Gasteiger partial charge on any atom is 0.262 e. The summed E-state index contributed by atoms with van der Waals surface area (Å²) in [6, 6.07) is 14.9. The van der Waals surface area contributed by atoms with E-state index in [1.165, 1.54) is 5.56 Å². The van der Waals surface area contributed by atoms with E-state index in [9.17, 15) is 4.79 Å². The van der Waals surface area contributed by atoms with E-state index >= 15 is 0 Å². The van der Waals surface area contributed by atoms with Gasteiger partial charge in [-0.1, -0.05) is 32.9 Å². The third kappa shape index (κ3) is 4.74. The molecule has 0 spiro atoms. The van der Waals surface area contributed by atoms with Gasteiger partial charge in [-0.15, -0.1) is 0 Å². The number of nitrogen functional groups attached to an aromatic ring is 1. The van der Waals surface area contributed by atoms with Gasteiger partial charge in [0.2, 0.25) is 0 Å². The Bertz CT molecular complexity index is 646. The van der Waals surface area contributed by atoms with E-state index in [0.29, 0.717) is 17.1 Å². The lowest BCUT2D eigenvalue weighted by atomic mass is 9.82. The lowest BCUT2D eigenvalue weighted by Gasteiger charge is -2.23. The second-order valence-electron chi connectivity index (χ2n) is 6.22. The fraction of sp³-hybridized carbons (Fsp3) is 0.316. The Kier molecular flexibility index (Phi) is 5.27. The minimum atomic E-state index is -0.201. The lowest BCUT2D eigenvalue weighted by Crippen LogP contribution is -2.20. The molecule has 4 heteroatoms. The van der Waals surface area contributed by atoms with E-state index in [1.807, 2.05) is 12.1 Å². The van der Waals surface area contributed by atoms with Gasteiger partial charge < -0.3 is 15.8 Å². The van der Waals surface area contributed by atoms with E-state index in [2.05, 4.69) is 38.2 Å². The van der Waals surface area contributed by atoms with Gasteiger partial charge in [-0.2, -0.15) is 0 Å². The first kappa shape index (κ1) is 16.9. The van der Waals surface area contributed by atoms with Gasteiger partial charge in [-0.3, -0.25) is 4.79 Å². The zero-order chi connectivity index (χ0) is 16.9. The molecule has 0 aliphatic rings. The molecule has 4 nitrogen and oxygen atoms in total. The number of carbonyl (C=O) groups is 1. The maximum atomic E-state index is 11.9. The van der Waals surface area contributed by atoms with Crippen LogP contribution in [0.15, 0.2) is 48.5 Å². The van der Waals surface area contributed by atoms with Crippen molar-refractivity contribution >= 4 is 17.3 Å². The molecule has 23 heavy (non-hydrogen) atoms. The molecule has 0 radical (unpaired) electrons. The summed E-state index contributed by atoms with van der Waals surface area (Å²) in [4.78, 5) is 11.9. The number of nitrogens with one attached hydrogen (secondary N) is 1. The van der Waals surface area contributed by atoms with Crippen molar-refractivity contribution in [3.05, 3.63) is 54.1 Å². The Labute approximate surface area is 137 Å². The number of hydrogen-bond acceptors (Lipinski definition) is 3. The van der Waals surface area contributed by atoms with Gasteiger partial charge in [0.15, 0.2) is 6.61 Å². The summed E-state index contributed by atoms with van der Waals surface area (Å²) in [6.45, 7) is 6.57. The highest BCUT2D eigenvalue weighted by Gasteiger charge is 2.17. The van der Waals surface area contributed by atoms with E-state index in [-0.39, 0.29) is 17.9 Å². The molecule has 0 aromatic heterocycles. The molecule has 0 saturated carbocycles. The van der Waals surface area contributed by atoms with Crippen molar-refractivity contribution in [1.29, 1.82) is 0 Å². The summed E-state index contributed by atoms with van der Waals surface area (Å²) in [7, 11) is 0. The number of hydrogen-bond donors (Lipinski definition) is 2. The minimum Gasteiger partial charge on any atom is -0.484 e. The van der Waals surface area contributed by atoms with Crippen LogP contribution in [0.2, 0.25) is 0 Å². The first-order valence-corrected chi connectivity index (χ1v) is 7.79. The molecule has 2 rings (SSSR count). The van der Waals surface area contributed by atoms with Gasteiger partial charge in [-0.25, -0.2) is 0 Å². The van der Waals surface area contributed by atoms with Crippen LogP contribution in [0.3, 0.4) is 0 Å². The highest BCUT2D eigenvalue weighted by atomic mass is 16.5. The van der Waals surface area contributed by atoms with Crippen LogP contribution in [-0.4, -0.2) is 12.5 Å². The first-order chi connectivity index (χ1) is 10.9. The van der Waals surface area contributed by atoms with Crippen molar-refractivity contribution in [3.8, 4) is 5.75 Å². The molecule has 1 amide bonds. The Morgan fingerprint density at radius 2 is 1.70 bits per heavy atom. The van der Waals surface area contributed by atoms with Gasteiger partial charge in [-0.05, 0) is 53.8 Å². The summed E-state index contributed by atoms with van der Waals surface area (Å²) in [5.41, 5.74) is 8.38. The van der Waals surface area contributed by atoms with Crippen molar-refractivity contribution < 1.29 is 9.53 Å². The monoisotopic (exact) mass is 312 g/mol. The van der Waals surface area contributed by atoms with E-state index in [4.69, 9.17) is 10.5 Å². The zero-order valence-electron chi connectivity index (χ0n) is 13.9. The van der Waals surface area contributed by atoms with Crippen LogP contribution in [0.4, 0.5) is 11.4 Å². The Morgan fingerprint density at radius 3 is 2.26 bits per heavy atom. The molecule has 0 atom stereocenters. The second-order valence-corrected chi connectivity index (χ2v) is 6.22. The molecule has 0 saturated heterocycles. The summed E-state index contributed by atoms with van der Waals surface area (Å²) >= 11 is 0. The smallest absolute Gasteiger partial charge is 0.262 e. The molecule has 0 aliphatic carbocycles. The molecular formula is C19H24N2O2. The van der Waals surface area contributed by atoms with Gasteiger partial charge in [0.1, 0.15) is 5.75 Å². The fourth-order valence-electron chi connectivity index (χ4n) is 2.12. The van der Waals surface area contributed by atoms with Crippen molar-refractivity contribution in [2.45, 2.75) is 32.6 Å². The van der Waals surface area contributed by atoms with Crippen LogP contribution >= 0.6 is 0 Å². The zero-order valence-corrected chi connectivity index (χ0v) is 13.9. The third-order valence-corrected chi connectivity index (χ3v) is 4.08. The average molecular weight is 312 g/mol. The molecule has 0 bridgehead atoms. The van der Waals surface area contributed by atoms with Crippen molar-refractivity contribution in [2.75, 3.05) is 17.7 Å². The van der Waals surface area contributed by atoms with Gasteiger partial charge >= 0.3 is 0 Å². The van der Waals surface area contributed by atoms with Crippen LogP contribution in [0.25, 0.3) is 0 Å². The molecule has 0 unspecified atom stereocenters. The normalized spacial score (nSPS) is 11.1. The van der Waals surface area contributed by atoms with Gasteiger partial charge in [0.25, 0.3) is 5.91 Å². The van der Waals surface area contributed by atoms with Crippen LogP contribution < -0.4 is 15.8 Å². The Balaban J connectivity index is 1.88. The Morgan fingerprint density at radius 1 is 1.09 bits per heavy atom. The highest BCUT2D eigenvalue weighted by molar-refractivity contribution is 5.92. The molecule has 2 aromatic rings. The summed E-state index contributed by atoms with van der Waals surface area (Å²) in [5, 5.41) is 2.76. The Hall–Kier alpha value is -2.49. The van der Waals surface area contributed by atoms with E-state index in [1.54, 1.807) is 24.3 Å². The predicted molar refractivity (Wildman–Crippen MR) is 94.7 cm³/mol. The average Bonchev–Trinajstić information content (AvgIpc) is 2.55. The SMILES string of the molecule is CCC(C)(C)c1ccc(OCC(=O)Nc2ccc(N)cc2)cc1. The predicted octanol–water partition coefficient (Wildman–Crippen LogP) is 3.97. The van der Waals surface area contributed by atoms with Crippen molar-refractivity contribution in [3.63, 3.8) is 0 Å². The minimum absolute atomic E-state index is 0.0269. The molecule has 3 N–H and O–H groups in total. The molecule has 122 valence electrons. The topological polar surface area (TPSA) is 64.3 Å². The van der Waals surface area contributed by atoms with Crippen LogP contribution in [0.5, 0.6) is 5.75 Å². The standard InChI is InChI=1S/C19H24N2O2/c1-4-19(2,3)14-5-11-17(12-6-14)23-13-18(22)21-16-9-7-15(20)8-10-16/h5-12H,4,13,20H2,1-3H3,(H,21,22). The number of benzene rings is 2. The van der Waals surface area contributed by atoms with Crippen LogP contribution in [0.1, 0.15) is 32.8 Å². The lowest BCUT2D eigenvalue weighted by molar-refractivity contribution is -0.118. The largest absolute Gasteiger partial charge is 0.484 e. The summed E-state index contributed by atoms with van der Waals surface area (Å²) in [5.74, 6) is 0.487. The number of rotatable bonds is 6. The number of ether oxygens (including phenoxy) is 1. The summed E-state index contributed by atoms with van der Waals surface area (Å²) in [6.07, 6.45) is 1.07. The maximum absolute atomic E-state index is 11.9.